The van der Waals surface area contributed by atoms with Crippen molar-refractivity contribution in [2.45, 2.75) is 6.42 Å². The molecule has 2 aromatic carbocycles. The molecule has 0 saturated heterocycles. The van der Waals surface area contributed by atoms with Crippen molar-refractivity contribution in [1.82, 2.24) is 0 Å². The third-order valence-electron chi connectivity index (χ3n) is 4.76. The smallest absolute Gasteiger partial charge is 0.231 e. The van der Waals surface area contributed by atoms with E-state index in [0.717, 1.165) is 11.4 Å². The van der Waals surface area contributed by atoms with Gasteiger partial charge in [0.2, 0.25) is 18.6 Å². The van der Waals surface area contributed by atoms with Gasteiger partial charge >= 0.3 is 0 Å². The second-order valence-electron chi connectivity index (χ2n) is 6.94. The molecule has 4 rings (SSSR count). The van der Waals surface area contributed by atoms with Crippen LogP contribution in [0.2, 0.25) is 0 Å². The van der Waals surface area contributed by atoms with Gasteiger partial charge in [0.15, 0.2) is 11.5 Å². The van der Waals surface area contributed by atoms with Gasteiger partial charge in [-0.2, -0.15) is 0 Å². The van der Waals surface area contributed by atoms with Gasteiger partial charge in [0.05, 0.1) is 11.8 Å². The van der Waals surface area contributed by atoms with Crippen molar-refractivity contribution in [2.24, 2.45) is 11.8 Å². The van der Waals surface area contributed by atoms with E-state index in [2.05, 4.69) is 10.6 Å². The lowest BCUT2D eigenvalue weighted by atomic mass is 10.2. The highest BCUT2D eigenvalue weighted by Gasteiger charge is 2.48. The largest absolute Gasteiger partial charge is 0.454 e. The van der Waals surface area contributed by atoms with E-state index >= 15 is 0 Å². The molecular formula is C20H21N3O4. The Morgan fingerprint density at radius 1 is 0.889 bits per heavy atom. The zero-order valence-corrected chi connectivity index (χ0v) is 15.2. The number of nitrogens with one attached hydrogen (secondary N) is 2. The Morgan fingerprint density at radius 2 is 1.48 bits per heavy atom. The lowest BCUT2D eigenvalue weighted by molar-refractivity contribution is -0.122. The number of fused-ring (bicyclic) bond motifs is 1. The fourth-order valence-electron chi connectivity index (χ4n) is 3.06. The predicted molar refractivity (Wildman–Crippen MR) is 102 cm³/mol. The van der Waals surface area contributed by atoms with Gasteiger partial charge < -0.3 is 25.0 Å². The molecule has 7 heteroatoms. The minimum atomic E-state index is -0.309. The van der Waals surface area contributed by atoms with Gasteiger partial charge in [0.1, 0.15) is 0 Å². The first-order chi connectivity index (χ1) is 13.0. The summed E-state index contributed by atoms with van der Waals surface area (Å²) >= 11 is 0. The van der Waals surface area contributed by atoms with E-state index in [0.29, 0.717) is 23.6 Å². The van der Waals surface area contributed by atoms with Crippen LogP contribution in [0, 0.1) is 11.8 Å². The van der Waals surface area contributed by atoms with Crippen LogP contribution in [0.15, 0.2) is 42.5 Å². The van der Waals surface area contributed by atoms with Gasteiger partial charge in [0.25, 0.3) is 0 Å². The molecule has 1 aliphatic heterocycles. The van der Waals surface area contributed by atoms with E-state index < -0.39 is 0 Å². The number of hydrogen-bond donors (Lipinski definition) is 2. The second-order valence-corrected chi connectivity index (χ2v) is 6.94. The maximum Gasteiger partial charge on any atom is 0.231 e. The van der Waals surface area contributed by atoms with E-state index in [1.54, 1.807) is 18.2 Å². The summed E-state index contributed by atoms with van der Waals surface area (Å²) in [4.78, 5) is 26.8. The first kappa shape index (κ1) is 17.2. The van der Waals surface area contributed by atoms with Crippen molar-refractivity contribution in [3.63, 3.8) is 0 Å². The second kappa shape index (κ2) is 6.83. The molecule has 2 atom stereocenters. The highest BCUT2D eigenvalue weighted by atomic mass is 16.7. The van der Waals surface area contributed by atoms with Crippen LogP contribution in [-0.4, -0.2) is 32.7 Å². The van der Waals surface area contributed by atoms with Crippen molar-refractivity contribution in [2.75, 3.05) is 36.4 Å². The van der Waals surface area contributed by atoms with Gasteiger partial charge in [-0.25, -0.2) is 0 Å². The highest BCUT2D eigenvalue weighted by molar-refractivity contribution is 6.03. The number of amides is 2. The summed E-state index contributed by atoms with van der Waals surface area (Å²) in [5.41, 5.74) is 2.42. The number of anilines is 3. The molecule has 0 bridgehead atoms. The number of benzene rings is 2. The molecule has 2 N–H and O–H groups in total. The van der Waals surface area contributed by atoms with E-state index in [9.17, 15) is 9.59 Å². The summed E-state index contributed by atoms with van der Waals surface area (Å²) in [7, 11) is 3.92. The molecule has 1 saturated carbocycles. The molecule has 1 fully saturated rings. The van der Waals surface area contributed by atoms with Crippen LogP contribution in [0.3, 0.4) is 0 Å². The average molecular weight is 367 g/mol. The monoisotopic (exact) mass is 367 g/mol. The Morgan fingerprint density at radius 3 is 2.15 bits per heavy atom. The number of carbonyl (C=O) groups is 2. The minimum Gasteiger partial charge on any atom is -0.454 e. The number of hydrogen-bond acceptors (Lipinski definition) is 5. The van der Waals surface area contributed by atoms with Crippen molar-refractivity contribution in [3.05, 3.63) is 42.5 Å². The zero-order chi connectivity index (χ0) is 19.0. The fourth-order valence-corrected chi connectivity index (χ4v) is 3.06. The molecule has 2 amide bonds. The fraction of sp³-hybridized carbons (Fsp3) is 0.300. The summed E-state index contributed by atoms with van der Waals surface area (Å²) in [6.07, 6.45) is 0.554. The van der Waals surface area contributed by atoms with E-state index in [1.807, 2.05) is 43.3 Å². The summed E-state index contributed by atoms with van der Waals surface area (Å²) in [6.45, 7) is 0.188. The van der Waals surface area contributed by atoms with Gasteiger partial charge in [-0.1, -0.05) is 0 Å². The summed E-state index contributed by atoms with van der Waals surface area (Å²) in [5, 5.41) is 5.72. The topological polar surface area (TPSA) is 79.9 Å². The number of ether oxygens (including phenoxy) is 2. The molecule has 2 unspecified atom stereocenters. The van der Waals surface area contributed by atoms with Crippen LogP contribution >= 0.6 is 0 Å². The Labute approximate surface area is 157 Å². The number of nitrogens with zero attached hydrogens (tertiary/aromatic N) is 1. The third kappa shape index (κ3) is 3.67. The molecule has 140 valence electrons. The lowest BCUT2D eigenvalue weighted by Crippen LogP contribution is -2.20. The summed E-state index contributed by atoms with van der Waals surface area (Å²) in [5.74, 6) is 0.385. The van der Waals surface area contributed by atoms with Crippen molar-refractivity contribution < 1.29 is 19.1 Å². The molecule has 0 spiro atoms. The molecular weight excluding hydrogens is 346 g/mol. The van der Waals surface area contributed by atoms with Crippen LogP contribution in [0.4, 0.5) is 17.1 Å². The Balaban J connectivity index is 1.31. The summed E-state index contributed by atoms with van der Waals surface area (Å²) < 4.78 is 10.6. The van der Waals surface area contributed by atoms with Crippen LogP contribution in [0.25, 0.3) is 0 Å². The molecule has 2 aliphatic rings. The van der Waals surface area contributed by atoms with E-state index in [-0.39, 0.29) is 30.4 Å². The maximum atomic E-state index is 12.4. The van der Waals surface area contributed by atoms with Gasteiger partial charge in [-0.05, 0) is 42.8 Å². The van der Waals surface area contributed by atoms with E-state index in [1.165, 1.54) is 0 Å². The predicted octanol–water partition coefficient (Wildman–Crippen LogP) is 2.69. The standard InChI is InChI=1S/C20H21N3O4/c1-23(2)14-6-3-12(4-7-14)21-19(24)15-10-16(15)20(25)22-13-5-8-17-18(9-13)27-11-26-17/h3-9,15-16H,10-11H2,1-2H3,(H,21,24)(H,22,25). The molecule has 7 nitrogen and oxygen atoms in total. The Kier molecular flexibility index (Phi) is 4.35. The highest BCUT2D eigenvalue weighted by Crippen LogP contribution is 2.41. The van der Waals surface area contributed by atoms with E-state index in [4.69, 9.17) is 9.47 Å². The van der Waals surface area contributed by atoms with Crippen LogP contribution in [-0.2, 0) is 9.59 Å². The normalized spacial score (nSPS) is 19.3. The van der Waals surface area contributed by atoms with Crippen molar-refractivity contribution >= 4 is 28.9 Å². The number of rotatable bonds is 5. The molecule has 0 aromatic heterocycles. The summed E-state index contributed by atoms with van der Waals surface area (Å²) in [6, 6.07) is 12.8. The lowest BCUT2D eigenvalue weighted by Gasteiger charge is -2.13. The minimum absolute atomic E-state index is 0.126. The third-order valence-corrected chi connectivity index (χ3v) is 4.76. The van der Waals surface area contributed by atoms with Gasteiger partial charge in [0, 0.05) is 37.2 Å². The van der Waals surface area contributed by atoms with Crippen LogP contribution in [0.5, 0.6) is 11.5 Å². The Hall–Kier alpha value is -3.22. The zero-order valence-electron chi connectivity index (χ0n) is 15.2. The maximum absolute atomic E-state index is 12.4. The number of carbonyl (C=O) groups excluding carboxylic acids is 2. The first-order valence-corrected chi connectivity index (χ1v) is 8.80. The molecule has 1 heterocycles. The average Bonchev–Trinajstić information content (AvgIpc) is 3.33. The molecule has 1 aliphatic carbocycles. The molecule has 2 aromatic rings. The van der Waals surface area contributed by atoms with Crippen molar-refractivity contribution in [1.29, 1.82) is 0 Å². The van der Waals surface area contributed by atoms with Crippen molar-refractivity contribution in [3.8, 4) is 11.5 Å². The Bertz CT molecular complexity index is 879. The molecule has 27 heavy (non-hydrogen) atoms. The SMILES string of the molecule is CN(C)c1ccc(NC(=O)C2CC2C(=O)Nc2ccc3c(c2)OCO3)cc1. The quantitative estimate of drug-likeness (QED) is 0.849. The van der Waals surface area contributed by atoms with Gasteiger partial charge in [-0.3, -0.25) is 9.59 Å². The first-order valence-electron chi connectivity index (χ1n) is 8.80. The van der Waals surface area contributed by atoms with Crippen LogP contribution in [0.1, 0.15) is 6.42 Å². The molecule has 0 radical (unpaired) electrons. The van der Waals surface area contributed by atoms with Crippen LogP contribution < -0.4 is 25.0 Å². The van der Waals surface area contributed by atoms with Gasteiger partial charge in [-0.15, -0.1) is 0 Å².